The number of methoxy groups -OCH3 is 1. The van der Waals surface area contributed by atoms with Crippen LogP contribution in [0.4, 0.5) is 0 Å². The highest BCUT2D eigenvalue weighted by Crippen LogP contribution is 2.37. The van der Waals surface area contributed by atoms with Gasteiger partial charge in [0.2, 0.25) is 0 Å². The number of para-hydroxylation sites is 1. The fraction of sp³-hybridized carbons (Fsp3) is 0.571. The zero-order valence-electron chi connectivity index (χ0n) is 11.1. The molecule has 0 saturated carbocycles. The number of fused-ring (bicyclic) bond motifs is 1. The van der Waals surface area contributed by atoms with Gasteiger partial charge in [-0.3, -0.25) is 11.3 Å². The molecule has 4 nitrogen and oxygen atoms in total. The second-order valence-corrected chi connectivity index (χ2v) is 4.91. The normalized spacial score (nSPS) is 21.2. The van der Waals surface area contributed by atoms with Gasteiger partial charge in [-0.05, 0) is 18.4 Å². The van der Waals surface area contributed by atoms with Crippen LogP contribution in [-0.2, 0) is 4.74 Å². The van der Waals surface area contributed by atoms with Gasteiger partial charge in [0.05, 0.1) is 6.61 Å². The summed E-state index contributed by atoms with van der Waals surface area (Å²) in [5.41, 5.74) is 4.21. The largest absolute Gasteiger partial charge is 0.493 e. The molecule has 0 bridgehead atoms. The number of benzene rings is 1. The van der Waals surface area contributed by atoms with Crippen LogP contribution in [0.2, 0.25) is 0 Å². The molecule has 1 heterocycles. The third-order valence-corrected chi connectivity index (χ3v) is 3.75. The van der Waals surface area contributed by atoms with Crippen molar-refractivity contribution in [3.8, 4) is 5.75 Å². The molecule has 0 aromatic heterocycles. The number of nitrogens with two attached hydrogens (primary N) is 1. The number of ether oxygens (including phenoxy) is 2. The molecule has 0 radical (unpaired) electrons. The Morgan fingerprint density at radius 2 is 2.28 bits per heavy atom. The summed E-state index contributed by atoms with van der Waals surface area (Å²) in [6, 6.07) is 8.40. The highest BCUT2D eigenvalue weighted by molar-refractivity contribution is 5.40. The molecular formula is C14H22N2O2. The van der Waals surface area contributed by atoms with Crippen molar-refractivity contribution in [3.05, 3.63) is 29.8 Å². The van der Waals surface area contributed by atoms with Gasteiger partial charge in [-0.25, -0.2) is 0 Å². The Morgan fingerprint density at radius 1 is 1.50 bits per heavy atom. The van der Waals surface area contributed by atoms with Gasteiger partial charge >= 0.3 is 0 Å². The Morgan fingerprint density at radius 3 is 3.00 bits per heavy atom. The topological polar surface area (TPSA) is 56.5 Å². The van der Waals surface area contributed by atoms with Gasteiger partial charge in [0, 0.05) is 31.2 Å². The highest BCUT2D eigenvalue weighted by Gasteiger charge is 2.33. The fourth-order valence-electron chi connectivity index (χ4n) is 2.65. The second kappa shape index (κ2) is 6.18. The van der Waals surface area contributed by atoms with E-state index in [9.17, 15) is 0 Å². The number of hydrazine groups is 1. The predicted octanol–water partition coefficient (Wildman–Crippen LogP) is 1.67. The summed E-state index contributed by atoms with van der Waals surface area (Å²) >= 11 is 0. The maximum atomic E-state index is 5.74. The molecule has 18 heavy (non-hydrogen) atoms. The van der Waals surface area contributed by atoms with E-state index in [-0.39, 0.29) is 6.04 Å². The van der Waals surface area contributed by atoms with Gasteiger partial charge in [0.15, 0.2) is 0 Å². The molecule has 1 aliphatic heterocycles. The van der Waals surface area contributed by atoms with Crippen LogP contribution in [0.25, 0.3) is 0 Å². The molecule has 0 aliphatic carbocycles. The van der Waals surface area contributed by atoms with E-state index in [1.165, 1.54) is 5.56 Å². The second-order valence-electron chi connectivity index (χ2n) is 4.91. The first-order valence-electron chi connectivity index (χ1n) is 6.44. The van der Waals surface area contributed by atoms with Crippen LogP contribution in [0.15, 0.2) is 24.3 Å². The summed E-state index contributed by atoms with van der Waals surface area (Å²) in [5.74, 6) is 7.48. The Kier molecular flexibility index (Phi) is 4.58. The van der Waals surface area contributed by atoms with E-state index in [2.05, 4.69) is 18.4 Å². The minimum Gasteiger partial charge on any atom is -0.493 e. The van der Waals surface area contributed by atoms with Crippen LogP contribution < -0.4 is 16.0 Å². The smallest absolute Gasteiger partial charge is 0.122 e. The molecule has 100 valence electrons. The van der Waals surface area contributed by atoms with Crippen molar-refractivity contribution in [2.45, 2.75) is 25.3 Å². The highest BCUT2D eigenvalue weighted by atomic mass is 16.5. The van der Waals surface area contributed by atoms with Crippen molar-refractivity contribution in [1.29, 1.82) is 0 Å². The Bertz CT molecular complexity index is 384. The van der Waals surface area contributed by atoms with Gasteiger partial charge in [-0.1, -0.05) is 25.1 Å². The third kappa shape index (κ3) is 2.66. The average molecular weight is 250 g/mol. The van der Waals surface area contributed by atoms with Crippen LogP contribution in [-0.4, -0.2) is 26.4 Å². The Labute approximate surface area is 108 Å². The fourth-order valence-corrected chi connectivity index (χ4v) is 2.65. The first kappa shape index (κ1) is 13.3. The molecule has 0 fully saturated rings. The first-order valence-corrected chi connectivity index (χ1v) is 6.44. The maximum absolute atomic E-state index is 5.74. The zero-order valence-corrected chi connectivity index (χ0v) is 11.1. The van der Waals surface area contributed by atoms with E-state index >= 15 is 0 Å². The predicted molar refractivity (Wildman–Crippen MR) is 71.4 cm³/mol. The molecule has 3 N–H and O–H groups in total. The lowest BCUT2D eigenvalue weighted by Crippen LogP contribution is -2.45. The molecule has 1 aromatic rings. The summed E-state index contributed by atoms with van der Waals surface area (Å²) in [5, 5.41) is 0. The average Bonchev–Trinajstić information content (AvgIpc) is 2.81. The van der Waals surface area contributed by atoms with Crippen molar-refractivity contribution in [2.75, 3.05) is 20.3 Å². The lowest BCUT2D eigenvalue weighted by atomic mass is 9.84. The van der Waals surface area contributed by atoms with Crippen molar-refractivity contribution in [3.63, 3.8) is 0 Å². The molecule has 0 spiro atoms. The maximum Gasteiger partial charge on any atom is 0.122 e. The van der Waals surface area contributed by atoms with Crippen molar-refractivity contribution >= 4 is 0 Å². The molecule has 1 aliphatic rings. The summed E-state index contributed by atoms with van der Waals surface area (Å²) in [6.45, 7) is 3.66. The minimum absolute atomic E-state index is 0.212. The van der Waals surface area contributed by atoms with Crippen LogP contribution in [0.3, 0.4) is 0 Å². The van der Waals surface area contributed by atoms with Crippen molar-refractivity contribution in [2.24, 2.45) is 11.8 Å². The third-order valence-electron chi connectivity index (χ3n) is 3.75. The van der Waals surface area contributed by atoms with Crippen molar-refractivity contribution < 1.29 is 9.47 Å². The molecule has 0 amide bonds. The molecule has 0 saturated heterocycles. The van der Waals surface area contributed by atoms with Gasteiger partial charge in [-0.2, -0.15) is 0 Å². The van der Waals surface area contributed by atoms with E-state index in [0.29, 0.717) is 18.4 Å². The number of nitrogens with one attached hydrogen (secondary N) is 1. The molecule has 3 unspecified atom stereocenters. The lowest BCUT2D eigenvalue weighted by molar-refractivity contribution is 0.162. The quantitative estimate of drug-likeness (QED) is 0.595. The summed E-state index contributed by atoms with van der Waals surface area (Å²) in [4.78, 5) is 0. The van der Waals surface area contributed by atoms with Crippen LogP contribution in [0.5, 0.6) is 5.75 Å². The minimum atomic E-state index is 0.212. The standard InChI is InChI=1S/C14H22N2O2/c1-10(7-8-17-2)14(16-15)12-9-18-13-6-4-3-5-11(12)13/h3-6,10,12,14,16H,7-9,15H2,1-2H3. The molecule has 1 aromatic carbocycles. The van der Waals surface area contributed by atoms with Crippen LogP contribution in [0, 0.1) is 5.92 Å². The van der Waals surface area contributed by atoms with Crippen molar-refractivity contribution in [1.82, 2.24) is 5.43 Å². The van der Waals surface area contributed by atoms with Gasteiger partial charge in [0.25, 0.3) is 0 Å². The number of rotatable bonds is 6. The SMILES string of the molecule is COCCC(C)C(NN)C1COc2ccccc21. The van der Waals surface area contributed by atoms with Crippen LogP contribution in [0.1, 0.15) is 24.8 Å². The first-order chi connectivity index (χ1) is 8.77. The number of hydrogen-bond acceptors (Lipinski definition) is 4. The van der Waals surface area contributed by atoms with E-state index < -0.39 is 0 Å². The molecule has 4 heteroatoms. The number of hydrogen-bond donors (Lipinski definition) is 2. The van der Waals surface area contributed by atoms with E-state index in [1.807, 2.05) is 18.2 Å². The molecular weight excluding hydrogens is 228 g/mol. The van der Waals surface area contributed by atoms with Gasteiger partial charge in [0.1, 0.15) is 5.75 Å². The molecule has 2 rings (SSSR count). The van der Waals surface area contributed by atoms with E-state index in [1.54, 1.807) is 7.11 Å². The lowest BCUT2D eigenvalue weighted by Gasteiger charge is -2.28. The Balaban J connectivity index is 2.10. The van der Waals surface area contributed by atoms with Crippen LogP contribution >= 0.6 is 0 Å². The summed E-state index contributed by atoms with van der Waals surface area (Å²) in [7, 11) is 1.73. The summed E-state index contributed by atoms with van der Waals surface area (Å²) < 4.78 is 10.9. The van der Waals surface area contributed by atoms with E-state index in [0.717, 1.165) is 18.8 Å². The van der Waals surface area contributed by atoms with E-state index in [4.69, 9.17) is 15.3 Å². The monoisotopic (exact) mass is 250 g/mol. The Hall–Kier alpha value is -1.10. The molecule has 3 atom stereocenters. The van der Waals surface area contributed by atoms with Gasteiger partial charge in [-0.15, -0.1) is 0 Å². The summed E-state index contributed by atoms with van der Waals surface area (Å²) in [6.07, 6.45) is 0.990. The zero-order chi connectivity index (χ0) is 13.0. The van der Waals surface area contributed by atoms with Gasteiger partial charge < -0.3 is 9.47 Å².